The summed E-state index contributed by atoms with van der Waals surface area (Å²) >= 11 is 0. The monoisotopic (exact) mass is 293 g/mol. The molecule has 0 radical (unpaired) electrons. The molecule has 1 aromatic rings. The second-order valence-corrected chi connectivity index (χ2v) is 5.86. The largest absolute Gasteiger partial charge is 0.339 e. The van der Waals surface area contributed by atoms with Crippen LogP contribution in [-0.4, -0.2) is 71.8 Å². The molecular weight excluding hydrogens is 266 g/mol. The van der Waals surface area contributed by atoms with E-state index in [0.29, 0.717) is 6.54 Å². The van der Waals surface area contributed by atoms with Gasteiger partial charge < -0.3 is 15.1 Å². The zero-order chi connectivity index (χ0) is 15.2. The molecule has 2 heterocycles. The predicted octanol–water partition coefficient (Wildman–Crippen LogP) is 0.254. The van der Waals surface area contributed by atoms with E-state index < -0.39 is 0 Å². The topological polar surface area (TPSA) is 53.4 Å². The highest BCUT2D eigenvalue weighted by Gasteiger charge is 2.18. The van der Waals surface area contributed by atoms with Gasteiger partial charge in [-0.05, 0) is 39.9 Å². The van der Waals surface area contributed by atoms with Crippen molar-refractivity contribution in [2.24, 2.45) is 0 Å². The molecule has 1 N–H and O–H groups in total. The van der Waals surface area contributed by atoms with Crippen molar-refractivity contribution >= 4 is 5.91 Å². The lowest BCUT2D eigenvalue weighted by Crippen LogP contribution is -2.49. The van der Waals surface area contributed by atoms with E-state index in [-0.39, 0.29) is 5.91 Å². The van der Waals surface area contributed by atoms with Crippen molar-refractivity contribution < 1.29 is 4.79 Å². The summed E-state index contributed by atoms with van der Waals surface area (Å²) in [6.45, 7) is 9.92. The Morgan fingerprint density at radius 2 is 2.00 bits per heavy atom. The van der Waals surface area contributed by atoms with Gasteiger partial charge in [-0.15, -0.1) is 0 Å². The Labute approximate surface area is 127 Å². The highest BCUT2D eigenvalue weighted by molar-refractivity contribution is 5.78. The molecule has 21 heavy (non-hydrogen) atoms. The van der Waals surface area contributed by atoms with E-state index in [1.54, 1.807) is 0 Å². The third-order valence-corrected chi connectivity index (χ3v) is 3.96. The molecule has 0 aromatic carbocycles. The van der Waals surface area contributed by atoms with Gasteiger partial charge in [0, 0.05) is 38.4 Å². The molecule has 1 aromatic heterocycles. The molecule has 2 rings (SSSR count). The summed E-state index contributed by atoms with van der Waals surface area (Å²) in [7, 11) is 2.10. The number of carbonyl (C=O) groups is 1. The van der Waals surface area contributed by atoms with Crippen molar-refractivity contribution in [3.05, 3.63) is 17.5 Å². The summed E-state index contributed by atoms with van der Waals surface area (Å²) in [5.74, 6) is 0.217. The Morgan fingerprint density at radius 3 is 2.62 bits per heavy atom. The fourth-order valence-electron chi connectivity index (χ4n) is 2.62. The van der Waals surface area contributed by atoms with Gasteiger partial charge in [-0.3, -0.25) is 9.48 Å². The number of hydrogen-bond donors (Lipinski definition) is 1. The number of nitrogens with zero attached hydrogens (tertiary/aromatic N) is 4. The van der Waals surface area contributed by atoms with Crippen molar-refractivity contribution in [2.45, 2.75) is 26.8 Å². The summed E-state index contributed by atoms with van der Waals surface area (Å²) in [5, 5.41) is 7.68. The number of piperazine rings is 1. The first-order valence-electron chi connectivity index (χ1n) is 7.74. The number of nitrogens with one attached hydrogen (secondary N) is 1. The molecular formula is C15H27N5O. The lowest BCUT2D eigenvalue weighted by atomic mass is 10.3. The van der Waals surface area contributed by atoms with Gasteiger partial charge in [-0.1, -0.05) is 0 Å². The third kappa shape index (κ3) is 4.82. The van der Waals surface area contributed by atoms with Crippen molar-refractivity contribution in [1.29, 1.82) is 0 Å². The van der Waals surface area contributed by atoms with Gasteiger partial charge in [0.25, 0.3) is 0 Å². The van der Waals surface area contributed by atoms with Crippen LogP contribution in [0.15, 0.2) is 6.07 Å². The highest BCUT2D eigenvalue weighted by atomic mass is 16.2. The normalized spacial score (nSPS) is 16.4. The van der Waals surface area contributed by atoms with E-state index >= 15 is 0 Å². The molecule has 1 aliphatic rings. The van der Waals surface area contributed by atoms with Gasteiger partial charge >= 0.3 is 0 Å². The van der Waals surface area contributed by atoms with Crippen LogP contribution in [0.4, 0.5) is 0 Å². The van der Waals surface area contributed by atoms with Gasteiger partial charge in [0.15, 0.2) is 0 Å². The smallest absolute Gasteiger partial charge is 0.236 e. The fraction of sp³-hybridized carbons (Fsp3) is 0.733. The van der Waals surface area contributed by atoms with Crippen molar-refractivity contribution in [2.75, 3.05) is 46.3 Å². The zero-order valence-electron chi connectivity index (χ0n) is 13.4. The van der Waals surface area contributed by atoms with E-state index in [0.717, 1.165) is 51.4 Å². The van der Waals surface area contributed by atoms with Crippen LogP contribution in [0.2, 0.25) is 0 Å². The first-order valence-corrected chi connectivity index (χ1v) is 7.74. The van der Waals surface area contributed by atoms with Crippen LogP contribution in [0.25, 0.3) is 0 Å². The summed E-state index contributed by atoms with van der Waals surface area (Å²) in [6, 6.07) is 2.09. The maximum absolute atomic E-state index is 12.0. The summed E-state index contributed by atoms with van der Waals surface area (Å²) in [5.41, 5.74) is 2.26. The maximum atomic E-state index is 12.0. The molecule has 1 amide bonds. The molecule has 1 aliphatic heterocycles. The molecule has 1 saturated heterocycles. The van der Waals surface area contributed by atoms with Crippen LogP contribution < -0.4 is 5.32 Å². The standard InChI is InChI=1S/C15H27N5O/c1-13-11-14(2)20(17-13)6-4-5-16-12-15(21)19-9-7-18(3)8-10-19/h11,16H,4-10,12H2,1-3H3. The number of amides is 1. The second-order valence-electron chi connectivity index (χ2n) is 5.86. The van der Waals surface area contributed by atoms with Gasteiger partial charge in [0.05, 0.1) is 12.2 Å². The van der Waals surface area contributed by atoms with E-state index in [4.69, 9.17) is 0 Å². The minimum Gasteiger partial charge on any atom is -0.339 e. The molecule has 6 heteroatoms. The Balaban J connectivity index is 1.59. The molecule has 6 nitrogen and oxygen atoms in total. The quantitative estimate of drug-likeness (QED) is 0.764. The number of rotatable bonds is 6. The molecule has 0 saturated carbocycles. The average Bonchev–Trinajstić information content (AvgIpc) is 2.77. The van der Waals surface area contributed by atoms with Crippen molar-refractivity contribution in [3.8, 4) is 0 Å². The minimum atomic E-state index is 0.217. The van der Waals surface area contributed by atoms with E-state index in [9.17, 15) is 4.79 Å². The first kappa shape index (κ1) is 16.0. The lowest BCUT2D eigenvalue weighted by Gasteiger charge is -2.32. The average molecular weight is 293 g/mol. The highest BCUT2D eigenvalue weighted by Crippen LogP contribution is 2.02. The maximum Gasteiger partial charge on any atom is 0.236 e. The van der Waals surface area contributed by atoms with Crippen molar-refractivity contribution in [1.82, 2.24) is 24.9 Å². The van der Waals surface area contributed by atoms with Crippen molar-refractivity contribution in [3.63, 3.8) is 0 Å². The van der Waals surface area contributed by atoms with Gasteiger partial charge in [0.1, 0.15) is 0 Å². The van der Waals surface area contributed by atoms with Gasteiger partial charge in [-0.25, -0.2) is 0 Å². The number of aryl methyl sites for hydroxylation is 3. The summed E-state index contributed by atoms with van der Waals surface area (Å²) in [6.07, 6.45) is 0.984. The number of hydrogen-bond acceptors (Lipinski definition) is 4. The van der Waals surface area contributed by atoms with Crippen LogP contribution in [0, 0.1) is 13.8 Å². The zero-order valence-corrected chi connectivity index (χ0v) is 13.4. The minimum absolute atomic E-state index is 0.217. The Bertz CT molecular complexity index is 463. The fourth-order valence-corrected chi connectivity index (χ4v) is 2.62. The molecule has 1 fully saturated rings. The molecule has 118 valence electrons. The molecule has 0 unspecified atom stereocenters. The van der Waals surface area contributed by atoms with E-state index in [1.807, 2.05) is 16.5 Å². The van der Waals surface area contributed by atoms with Crippen LogP contribution in [0.5, 0.6) is 0 Å². The lowest BCUT2D eigenvalue weighted by molar-refractivity contribution is -0.131. The van der Waals surface area contributed by atoms with Crippen LogP contribution in [0.1, 0.15) is 17.8 Å². The molecule has 0 spiro atoms. The molecule has 0 atom stereocenters. The Morgan fingerprint density at radius 1 is 1.29 bits per heavy atom. The Kier molecular flexibility index (Phi) is 5.76. The van der Waals surface area contributed by atoms with Crippen LogP contribution in [0.3, 0.4) is 0 Å². The van der Waals surface area contributed by atoms with Crippen LogP contribution in [-0.2, 0) is 11.3 Å². The molecule has 0 bridgehead atoms. The predicted molar refractivity (Wildman–Crippen MR) is 83.3 cm³/mol. The number of carbonyl (C=O) groups excluding carboxylic acids is 1. The number of aromatic nitrogens is 2. The Hall–Kier alpha value is -1.40. The van der Waals surface area contributed by atoms with Gasteiger partial charge in [0.2, 0.25) is 5.91 Å². The van der Waals surface area contributed by atoms with Crippen LogP contribution >= 0.6 is 0 Å². The number of likely N-dealkylation sites (N-methyl/N-ethyl adjacent to an activating group) is 1. The third-order valence-electron chi connectivity index (χ3n) is 3.96. The second kappa shape index (κ2) is 7.56. The first-order chi connectivity index (χ1) is 10.1. The summed E-state index contributed by atoms with van der Waals surface area (Å²) < 4.78 is 2.03. The van der Waals surface area contributed by atoms with E-state index in [1.165, 1.54) is 5.69 Å². The van der Waals surface area contributed by atoms with E-state index in [2.05, 4.69) is 35.4 Å². The molecule has 0 aliphatic carbocycles. The SMILES string of the molecule is Cc1cc(C)n(CCCNCC(=O)N2CCN(C)CC2)n1. The summed E-state index contributed by atoms with van der Waals surface area (Å²) in [4.78, 5) is 16.2. The van der Waals surface area contributed by atoms with Gasteiger partial charge in [-0.2, -0.15) is 5.10 Å².